The number of halogens is 3. The van der Waals surface area contributed by atoms with Crippen LogP contribution in [0.1, 0.15) is 16.7 Å². The van der Waals surface area contributed by atoms with Gasteiger partial charge in [0.25, 0.3) is 0 Å². The molecule has 3 aromatic carbocycles. The number of nitrogens with zero attached hydrogens (tertiary/aromatic N) is 1. The fourth-order valence-corrected chi connectivity index (χ4v) is 6.19. The third kappa shape index (κ3) is 3.93. The molecule has 0 unspecified atom stereocenters. The maximum Gasteiger partial charge on any atom is 0.416 e. The molecule has 8 heteroatoms. The van der Waals surface area contributed by atoms with Gasteiger partial charge in [0.1, 0.15) is 11.5 Å². The molecule has 1 aliphatic heterocycles. The lowest BCUT2D eigenvalue weighted by atomic mass is 9.85. The van der Waals surface area contributed by atoms with Crippen LogP contribution in [0.15, 0.2) is 90.5 Å². The predicted octanol–water partition coefficient (Wildman–Crippen LogP) is 6.15. The number of methoxy groups -OCH3 is 2. The molecule has 3 aliphatic rings. The third-order valence-electron chi connectivity index (χ3n) is 7.89. The zero-order valence-electron chi connectivity index (χ0n) is 21.1. The van der Waals surface area contributed by atoms with Crippen molar-refractivity contribution in [2.45, 2.75) is 6.18 Å². The summed E-state index contributed by atoms with van der Waals surface area (Å²) >= 11 is 0. The summed E-state index contributed by atoms with van der Waals surface area (Å²) < 4.78 is 50.7. The summed E-state index contributed by atoms with van der Waals surface area (Å²) in [7, 11) is 3.18. The molecule has 0 aromatic heterocycles. The van der Waals surface area contributed by atoms with Crippen LogP contribution < -0.4 is 14.4 Å². The molecule has 4 atom stereocenters. The quantitative estimate of drug-likeness (QED) is 0.293. The minimum absolute atomic E-state index is 0.0512. The first-order chi connectivity index (χ1) is 18.7. The van der Waals surface area contributed by atoms with E-state index in [1.807, 2.05) is 60.7 Å². The molecule has 2 bridgehead atoms. The third-order valence-corrected chi connectivity index (χ3v) is 7.89. The minimum atomic E-state index is -4.58. The number of fused-ring (bicyclic) bond motifs is 5. The summed E-state index contributed by atoms with van der Waals surface area (Å²) in [6, 6.07) is 19.6. The zero-order valence-corrected chi connectivity index (χ0v) is 21.1. The van der Waals surface area contributed by atoms with E-state index in [2.05, 4.69) is 0 Å². The standard InChI is InChI=1S/C31H24F3NO4/c1-38-21-10-6-17(7-11-21)25(18-8-12-22(39-2)13-9-18)26-23-14-15-24(26)28-27(23)29(36)35(30(28)37)20-5-3-4-19(16-20)31(32,33)34/h3-16,23-24,27-28H,1-2H3/t23-,24-,27-,28-/m1/s1. The summed E-state index contributed by atoms with van der Waals surface area (Å²) in [5.74, 6) is -1.61. The summed E-state index contributed by atoms with van der Waals surface area (Å²) in [5, 5.41) is 0. The van der Waals surface area contributed by atoms with Crippen molar-refractivity contribution >= 4 is 23.1 Å². The number of alkyl halides is 3. The lowest BCUT2D eigenvalue weighted by molar-refractivity contribution is -0.137. The number of rotatable bonds is 5. The number of allylic oxidation sites excluding steroid dienone is 3. The average molecular weight is 532 g/mol. The Bertz CT molecular complexity index is 1440. The van der Waals surface area contributed by atoms with E-state index in [-0.39, 0.29) is 17.5 Å². The normalized spacial score (nSPS) is 23.4. The Hall–Kier alpha value is -4.33. The first-order valence-electron chi connectivity index (χ1n) is 12.5. The van der Waals surface area contributed by atoms with Gasteiger partial charge in [-0.3, -0.25) is 9.59 Å². The average Bonchev–Trinajstić information content (AvgIpc) is 3.58. The highest BCUT2D eigenvalue weighted by Gasteiger charge is 2.62. The van der Waals surface area contributed by atoms with E-state index < -0.39 is 35.4 Å². The van der Waals surface area contributed by atoms with Gasteiger partial charge in [-0.25, -0.2) is 4.90 Å². The number of imide groups is 1. The van der Waals surface area contributed by atoms with E-state index >= 15 is 0 Å². The lowest BCUT2D eigenvalue weighted by Crippen LogP contribution is -2.33. The van der Waals surface area contributed by atoms with Gasteiger partial charge < -0.3 is 9.47 Å². The molecule has 1 saturated heterocycles. The monoisotopic (exact) mass is 531 g/mol. The first-order valence-corrected chi connectivity index (χ1v) is 12.5. The van der Waals surface area contributed by atoms with Gasteiger partial charge >= 0.3 is 6.18 Å². The van der Waals surface area contributed by atoms with Crippen LogP contribution in [0.25, 0.3) is 5.57 Å². The molecule has 2 amide bonds. The second kappa shape index (κ2) is 9.15. The Morgan fingerprint density at radius 3 is 1.67 bits per heavy atom. The molecule has 0 radical (unpaired) electrons. The summed E-state index contributed by atoms with van der Waals surface area (Å²) in [6.45, 7) is 0. The molecule has 0 spiro atoms. The Morgan fingerprint density at radius 2 is 1.23 bits per heavy atom. The van der Waals surface area contributed by atoms with Crippen molar-refractivity contribution in [1.29, 1.82) is 0 Å². The van der Waals surface area contributed by atoms with Crippen LogP contribution in [0.2, 0.25) is 0 Å². The van der Waals surface area contributed by atoms with Crippen molar-refractivity contribution in [2.75, 3.05) is 19.1 Å². The van der Waals surface area contributed by atoms with Gasteiger partial charge in [0.15, 0.2) is 0 Å². The van der Waals surface area contributed by atoms with Gasteiger partial charge in [0, 0.05) is 11.8 Å². The number of benzene rings is 3. The molecular weight excluding hydrogens is 507 g/mol. The smallest absolute Gasteiger partial charge is 0.416 e. The molecule has 0 N–H and O–H groups in total. The molecule has 2 aliphatic carbocycles. The Kier molecular flexibility index (Phi) is 5.86. The maximum absolute atomic E-state index is 13.7. The molecule has 1 saturated carbocycles. The van der Waals surface area contributed by atoms with Crippen LogP contribution in [0.4, 0.5) is 18.9 Å². The fourth-order valence-electron chi connectivity index (χ4n) is 6.19. The highest BCUT2D eigenvalue weighted by molar-refractivity contribution is 6.23. The van der Waals surface area contributed by atoms with Crippen LogP contribution in [0, 0.1) is 23.7 Å². The van der Waals surface area contributed by atoms with Crippen molar-refractivity contribution in [3.63, 3.8) is 0 Å². The van der Waals surface area contributed by atoms with Gasteiger partial charge in [0.05, 0.1) is 37.3 Å². The Balaban J connectivity index is 1.45. The topological polar surface area (TPSA) is 55.8 Å². The number of ether oxygens (including phenoxy) is 2. The second-order valence-corrected chi connectivity index (χ2v) is 9.84. The van der Waals surface area contributed by atoms with E-state index in [1.165, 1.54) is 12.1 Å². The molecular formula is C31H24F3NO4. The molecule has 198 valence electrons. The van der Waals surface area contributed by atoms with Gasteiger partial charge in [-0.05, 0) is 64.7 Å². The molecule has 5 nitrogen and oxygen atoms in total. The zero-order chi connectivity index (χ0) is 27.5. The summed E-state index contributed by atoms with van der Waals surface area (Å²) in [5.41, 5.74) is 2.74. The van der Waals surface area contributed by atoms with Gasteiger partial charge in [-0.2, -0.15) is 13.2 Å². The Morgan fingerprint density at radius 1 is 0.744 bits per heavy atom. The van der Waals surface area contributed by atoms with Gasteiger partial charge in [0.2, 0.25) is 11.8 Å². The van der Waals surface area contributed by atoms with Crippen molar-refractivity contribution in [3.05, 3.63) is 107 Å². The number of hydrogen-bond acceptors (Lipinski definition) is 4. The first kappa shape index (κ1) is 25.0. The fraction of sp³-hybridized carbons (Fsp3) is 0.226. The van der Waals surface area contributed by atoms with Crippen molar-refractivity contribution in [1.82, 2.24) is 0 Å². The van der Waals surface area contributed by atoms with E-state index in [0.717, 1.165) is 39.3 Å². The van der Waals surface area contributed by atoms with E-state index in [0.29, 0.717) is 11.5 Å². The lowest BCUT2D eigenvalue weighted by Gasteiger charge is -2.22. The van der Waals surface area contributed by atoms with E-state index in [1.54, 1.807) is 14.2 Å². The maximum atomic E-state index is 13.7. The van der Waals surface area contributed by atoms with E-state index in [4.69, 9.17) is 9.47 Å². The molecule has 3 aromatic rings. The second-order valence-electron chi connectivity index (χ2n) is 9.84. The molecule has 39 heavy (non-hydrogen) atoms. The largest absolute Gasteiger partial charge is 0.497 e. The molecule has 1 heterocycles. The van der Waals surface area contributed by atoms with Crippen molar-refractivity contribution in [2.24, 2.45) is 23.7 Å². The molecule has 6 rings (SSSR count). The van der Waals surface area contributed by atoms with Gasteiger partial charge in [-0.1, -0.05) is 42.5 Å². The highest BCUT2D eigenvalue weighted by atomic mass is 19.4. The van der Waals surface area contributed by atoms with E-state index in [9.17, 15) is 22.8 Å². The van der Waals surface area contributed by atoms with Crippen molar-refractivity contribution < 1.29 is 32.2 Å². The van der Waals surface area contributed by atoms with Crippen LogP contribution >= 0.6 is 0 Å². The number of carbonyl (C=O) groups excluding carboxylic acids is 2. The number of anilines is 1. The number of carbonyl (C=O) groups is 2. The van der Waals surface area contributed by atoms with Crippen molar-refractivity contribution in [3.8, 4) is 11.5 Å². The SMILES string of the molecule is COc1ccc(C(=C2[C@H]3C=C[C@H]2[C@H]2C(=O)N(c4cccc(C(F)(F)F)c4)C(=O)[C@@H]23)c2ccc(OC)cc2)cc1. The highest BCUT2D eigenvalue weighted by Crippen LogP contribution is 2.59. The van der Waals surface area contributed by atoms with Crippen LogP contribution in [0.3, 0.4) is 0 Å². The molecule has 2 fully saturated rings. The predicted molar refractivity (Wildman–Crippen MR) is 139 cm³/mol. The number of amides is 2. The van der Waals surface area contributed by atoms with Crippen LogP contribution in [-0.4, -0.2) is 26.0 Å². The minimum Gasteiger partial charge on any atom is -0.497 e. The van der Waals surface area contributed by atoms with Crippen LogP contribution in [0.5, 0.6) is 11.5 Å². The van der Waals surface area contributed by atoms with Crippen LogP contribution in [-0.2, 0) is 15.8 Å². The van der Waals surface area contributed by atoms with Gasteiger partial charge in [-0.15, -0.1) is 0 Å². The summed E-state index contributed by atoms with van der Waals surface area (Å²) in [6.07, 6.45) is -0.677. The number of hydrogen-bond donors (Lipinski definition) is 0. The summed E-state index contributed by atoms with van der Waals surface area (Å²) in [4.78, 5) is 28.3. The Labute approximate surface area is 223 Å².